The fraction of sp³-hybridized carbons (Fsp3) is 0.364. The summed E-state index contributed by atoms with van der Waals surface area (Å²) >= 11 is 0. The van der Waals surface area contributed by atoms with Crippen LogP contribution in [0, 0.1) is 0 Å². The van der Waals surface area contributed by atoms with E-state index in [9.17, 15) is 9.59 Å². The molecule has 0 amide bonds. The van der Waals surface area contributed by atoms with Crippen LogP contribution in [0.4, 0.5) is 5.95 Å². The molecular formula is C11H12N4O2. The van der Waals surface area contributed by atoms with Gasteiger partial charge in [-0.15, -0.1) is 0 Å². The SMILES string of the molecule is O=C1C=CC(=O)c2[nH]c(N3CCNCC3)nc21. The second-order valence-electron chi connectivity index (χ2n) is 4.08. The van der Waals surface area contributed by atoms with Gasteiger partial charge < -0.3 is 15.2 Å². The Balaban J connectivity index is 1.96. The molecule has 1 aromatic rings. The highest BCUT2D eigenvalue weighted by molar-refractivity contribution is 6.20. The summed E-state index contributed by atoms with van der Waals surface area (Å²) in [6, 6.07) is 0. The number of hydrogen-bond donors (Lipinski definition) is 2. The third-order valence-corrected chi connectivity index (χ3v) is 2.97. The summed E-state index contributed by atoms with van der Waals surface area (Å²) in [7, 11) is 0. The molecule has 6 nitrogen and oxygen atoms in total. The smallest absolute Gasteiger partial charge is 0.206 e. The summed E-state index contributed by atoms with van der Waals surface area (Å²) in [4.78, 5) is 32.4. The minimum absolute atomic E-state index is 0.187. The Morgan fingerprint density at radius 2 is 1.82 bits per heavy atom. The Morgan fingerprint density at radius 1 is 1.12 bits per heavy atom. The monoisotopic (exact) mass is 232 g/mol. The second-order valence-corrected chi connectivity index (χ2v) is 4.08. The van der Waals surface area contributed by atoms with Gasteiger partial charge in [-0.25, -0.2) is 4.98 Å². The van der Waals surface area contributed by atoms with Gasteiger partial charge >= 0.3 is 0 Å². The molecule has 1 fully saturated rings. The number of ketones is 2. The molecule has 0 radical (unpaired) electrons. The van der Waals surface area contributed by atoms with Crippen molar-refractivity contribution >= 4 is 17.5 Å². The Bertz CT molecular complexity index is 476. The zero-order valence-corrected chi connectivity index (χ0v) is 9.19. The van der Waals surface area contributed by atoms with Crippen LogP contribution in [-0.2, 0) is 0 Å². The standard InChI is InChI=1S/C11H12N4O2/c16-7-1-2-8(17)10-9(7)13-11(14-10)15-5-3-12-4-6-15/h1-2,12H,3-6H2,(H,13,14). The van der Waals surface area contributed by atoms with Crippen LogP contribution in [-0.4, -0.2) is 47.7 Å². The lowest BCUT2D eigenvalue weighted by molar-refractivity contribution is 0.0989. The molecule has 2 heterocycles. The number of hydrogen-bond acceptors (Lipinski definition) is 5. The number of imidazole rings is 1. The quantitative estimate of drug-likeness (QED) is 0.698. The van der Waals surface area contributed by atoms with Gasteiger partial charge in [0.05, 0.1) is 0 Å². The van der Waals surface area contributed by atoms with Crippen LogP contribution < -0.4 is 10.2 Å². The van der Waals surface area contributed by atoms with Gasteiger partial charge in [0, 0.05) is 26.2 Å². The number of allylic oxidation sites excluding steroid dienone is 2. The van der Waals surface area contributed by atoms with Gasteiger partial charge in [-0.3, -0.25) is 9.59 Å². The molecule has 1 aliphatic heterocycles. The number of anilines is 1. The maximum absolute atomic E-state index is 11.6. The van der Waals surface area contributed by atoms with E-state index in [1.807, 2.05) is 4.90 Å². The van der Waals surface area contributed by atoms with Gasteiger partial charge in [0.1, 0.15) is 11.4 Å². The topological polar surface area (TPSA) is 78.1 Å². The molecule has 0 atom stereocenters. The van der Waals surface area contributed by atoms with E-state index in [2.05, 4.69) is 15.3 Å². The molecule has 1 saturated heterocycles. The third-order valence-electron chi connectivity index (χ3n) is 2.97. The average molecular weight is 232 g/mol. The van der Waals surface area contributed by atoms with E-state index < -0.39 is 0 Å². The fourth-order valence-electron chi connectivity index (χ4n) is 2.06. The van der Waals surface area contributed by atoms with Gasteiger partial charge in [0.25, 0.3) is 0 Å². The van der Waals surface area contributed by atoms with Crippen molar-refractivity contribution in [3.63, 3.8) is 0 Å². The molecule has 0 spiro atoms. The number of carbonyl (C=O) groups is 2. The predicted octanol–water partition coefficient (Wildman–Crippen LogP) is -0.246. The van der Waals surface area contributed by atoms with Crippen LogP contribution in [0.15, 0.2) is 12.2 Å². The molecule has 1 aromatic heterocycles. The molecule has 17 heavy (non-hydrogen) atoms. The summed E-state index contributed by atoms with van der Waals surface area (Å²) in [5.74, 6) is 0.215. The lowest BCUT2D eigenvalue weighted by Gasteiger charge is -2.26. The van der Waals surface area contributed by atoms with E-state index in [0.717, 1.165) is 26.2 Å². The van der Waals surface area contributed by atoms with Crippen LogP contribution in [0.1, 0.15) is 21.0 Å². The molecule has 6 heteroatoms. The van der Waals surface area contributed by atoms with Gasteiger partial charge in [-0.1, -0.05) is 0 Å². The van der Waals surface area contributed by atoms with Gasteiger partial charge in [0.2, 0.25) is 17.5 Å². The van der Waals surface area contributed by atoms with Crippen LogP contribution in [0.5, 0.6) is 0 Å². The van der Waals surface area contributed by atoms with Crippen molar-refractivity contribution in [1.82, 2.24) is 15.3 Å². The molecule has 2 aliphatic rings. The van der Waals surface area contributed by atoms with E-state index in [1.54, 1.807) is 0 Å². The highest BCUT2D eigenvalue weighted by atomic mass is 16.1. The van der Waals surface area contributed by atoms with E-state index in [0.29, 0.717) is 11.6 Å². The summed E-state index contributed by atoms with van der Waals surface area (Å²) in [5.41, 5.74) is 0.553. The third kappa shape index (κ3) is 1.66. The van der Waals surface area contributed by atoms with Crippen molar-refractivity contribution in [1.29, 1.82) is 0 Å². The van der Waals surface area contributed by atoms with Crippen molar-refractivity contribution in [3.05, 3.63) is 23.5 Å². The molecular weight excluding hydrogens is 220 g/mol. The summed E-state index contributed by atoms with van der Waals surface area (Å²) in [5, 5.41) is 3.23. The molecule has 0 aromatic carbocycles. The van der Waals surface area contributed by atoms with Crippen LogP contribution in [0.2, 0.25) is 0 Å². The number of piperazine rings is 1. The number of aromatic amines is 1. The first kappa shape index (κ1) is 10.2. The average Bonchev–Trinajstić information content (AvgIpc) is 2.81. The van der Waals surface area contributed by atoms with E-state index in [4.69, 9.17) is 0 Å². The highest BCUT2D eigenvalue weighted by Gasteiger charge is 2.26. The Kier molecular flexibility index (Phi) is 2.29. The maximum atomic E-state index is 11.6. The Morgan fingerprint density at radius 3 is 2.53 bits per heavy atom. The Hall–Kier alpha value is -1.95. The number of aromatic nitrogens is 2. The number of carbonyl (C=O) groups excluding carboxylic acids is 2. The van der Waals surface area contributed by atoms with Gasteiger partial charge in [-0.2, -0.15) is 0 Å². The van der Waals surface area contributed by atoms with Gasteiger partial charge in [-0.05, 0) is 12.2 Å². The number of nitrogens with zero attached hydrogens (tertiary/aromatic N) is 2. The number of H-pyrrole nitrogens is 1. The van der Waals surface area contributed by atoms with Crippen molar-refractivity contribution in [2.75, 3.05) is 31.1 Å². The van der Waals surface area contributed by atoms with Crippen LogP contribution in [0.25, 0.3) is 0 Å². The minimum atomic E-state index is -0.211. The summed E-state index contributed by atoms with van der Waals surface area (Å²) in [6.45, 7) is 3.40. The van der Waals surface area contributed by atoms with Crippen LogP contribution in [0.3, 0.4) is 0 Å². The molecule has 1 aliphatic carbocycles. The summed E-state index contributed by atoms with van der Waals surface area (Å²) in [6.07, 6.45) is 2.55. The number of nitrogens with one attached hydrogen (secondary N) is 2. The van der Waals surface area contributed by atoms with Gasteiger partial charge in [0.15, 0.2) is 0 Å². The molecule has 0 bridgehead atoms. The first-order valence-corrected chi connectivity index (χ1v) is 5.58. The zero-order chi connectivity index (χ0) is 11.8. The number of fused-ring (bicyclic) bond motifs is 1. The minimum Gasteiger partial charge on any atom is -0.340 e. The van der Waals surface area contributed by atoms with Crippen molar-refractivity contribution in [2.24, 2.45) is 0 Å². The van der Waals surface area contributed by atoms with E-state index >= 15 is 0 Å². The lowest BCUT2D eigenvalue weighted by Crippen LogP contribution is -2.44. The Labute approximate surface area is 97.7 Å². The first-order chi connectivity index (χ1) is 8.25. The number of rotatable bonds is 1. The normalized spacial score (nSPS) is 19.6. The predicted molar refractivity (Wildman–Crippen MR) is 61.5 cm³/mol. The highest BCUT2D eigenvalue weighted by Crippen LogP contribution is 2.19. The second kappa shape index (κ2) is 3.81. The maximum Gasteiger partial charge on any atom is 0.206 e. The largest absolute Gasteiger partial charge is 0.340 e. The molecule has 0 saturated carbocycles. The van der Waals surface area contributed by atoms with Crippen molar-refractivity contribution < 1.29 is 9.59 Å². The molecule has 0 unspecified atom stereocenters. The van der Waals surface area contributed by atoms with E-state index in [-0.39, 0.29) is 17.3 Å². The fourth-order valence-corrected chi connectivity index (χ4v) is 2.06. The van der Waals surface area contributed by atoms with Crippen molar-refractivity contribution in [3.8, 4) is 0 Å². The van der Waals surface area contributed by atoms with Crippen LogP contribution >= 0.6 is 0 Å². The molecule has 3 rings (SSSR count). The first-order valence-electron chi connectivity index (χ1n) is 5.58. The molecule has 88 valence electrons. The van der Waals surface area contributed by atoms with E-state index in [1.165, 1.54) is 12.2 Å². The summed E-state index contributed by atoms with van der Waals surface area (Å²) < 4.78 is 0. The zero-order valence-electron chi connectivity index (χ0n) is 9.19. The van der Waals surface area contributed by atoms with Crippen molar-refractivity contribution in [2.45, 2.75) is 0 Å². The lowest BCUT2D eigenvalue weighted by atomic mass is 10.1. The molecule has 2 N–H and O–H groups in total.